The smallest absolute Gasteiger partial charge is 0.129 e. The molecule has 0 fully saturated rings. The van der Waals surface area contributed by atoms with Gasteiger partial charge in [0.05, 0.1) is 0 Å². The number of ketones is 1. The number of hydrogen-bond acceptors (Lipinski definition) is 1. The molecule has 0 unspecified atom stereocenters. The Morgan fingerprint density at radius 3 is 2.50 bits per heavy atom. The highest BCUT2D eigenvalue weighted by Gasteiger charge is 2.15. The summed E-state index contributed by atoms with van der Waals surface area (Å²) in [6.07, 6.45) is 5.83. The van der Waals surface area contributed by atoms with Gasteiger partial charge < -0.3 is 4.79 Å². The molecule has 0 aliphatic heterocycles. The molecule has 0 atom stereocenters. The van der Waals surface area contributed by atoms with Gasteiger partial charge in [-0.15, -0.1) is 6.58 Å². The highest BCUT2D eigenvalue weighted by Crippen LogP contribution is 2.27. The standard InChI is InChI=1S/C11H20O/c1-5-8-11(3,4)9-6-7-10(2)12/h5H,1,6-9H2,2-4H3. The van der Waals surface area contributed by atoms with Crippen molar-refractivity contribution in [1.82, 2.24) is 0 Å². The molecule has 0 heterocycles. The quantitative estimate of drug-likeness (QED) is 0.556. The van der Waals surface area contributed by atoms with Gasteiger partial charge in [0.2, 0.25) is 0 Å². The summed E-state index contributed by atoms with van der Waals surface area (Å²) in [7, 11) is 0. The second-order valence-corrected chi connectivity index (χ2v) is 4.21. The van der Waals surface area contributed by atoms with Crippen LogP contribution in [0.5, 0.6) is 0 Å². The maximum atomic E-state index is 10.7. The van der Waals surface area contributed by atoms with Crippen molar-refractivity contribution in [2.75, 3.05) is 0 Å². The van der Waals surface area contributed by atoms with Crippen LogP contribution in [0.1, 0.15) is 46.5 Å². The van der Waals surface area contributed by atoms with Gasteiger partial charge in [-0.3, -0.25) is 0 Å². The molecular formula is C11H20O. The summed E-state index contributed by atoms with van der Waals surface area (Å²) >= 11 is 0. The first-order valence-corrected chi connectivity index (χ1v) is 4.58. The fraction of sp³-hybridized carbons (Fsp3) is 0.727. The molecule has 0 saturated heterocycles. The Labute approximate surface area is 75.9 Å². The van der Waals surface area contributed by atoms with Crippen molar-refractivity contribution in [2.45, 2.75) is 46.5 Å². The third kappa shape index (κ3) is 6.14. The Morgan fingerprint density at radius 1 is 1.50 bits per heavy atom. The minimum Gasteiger partial charge on any atom is -0.300 e. The third-order valence-corrected chi connectivity index (χ3v) is 2.08. The van der Waals surface area contributed by atoms with Gasteiger partial charge in [-0.2, -0.15) is 0 Å². The largest absolute Gasteiger partial charge is 0.300 e. The lowest BCUT2D eigenvalue weighted by atomic mass is 9.84. The SMILES string of the molecule is C=CCC(C)(C)CCCC(C)=O. The van der Waals surface area contributed by atoms with Gasteiger partial charge in [-0.05, 0) is 31.6 Å². The lowest BCUT2D eigenvalue weighted by Gasteiger charge is -2.22. The van der Waals surface area contributed by atoms with Gasteiger partial charge in [-0.1, -0.05) is 19.9 Å². The average Bonchev–Trinajstić information content (AvgIpc) is 1.85. The Morgan fingerprint density at radius 2 is 2.08 bits per heavy atom. The van der Waals surface area contributed by atoms with Gasteiger partial charge in [0.15, 0.2) is 0 Å². The lowest BCUT2D eigenvalue weighted by Crippen LogP contribution is -2.10. The number of carbonyl (C=O) groups is 1. The summed E-state index contributed by atoms with van der Waals surface area (Å²) in [5.41, 5.74) is 0.317. The molecule has 0 amide bonds. The molecule has 0 aromatic carbocycles. The number of hydrogen-bond donors (Lipinski definition) is 0. The lowest BCUT2D eigenvalue weighted by molar-refractivity contribution is -0.117. The summed E-state index contributed by atoms with van der Waals surface area (Å²) in [5.74, 6) is 0.296. The van der Waals surface area contributed by atoms with Crippen LogP contribution in [0.4, 0.5) is 0 Å². The third-order valence-electron chi connectivity index (χ3n) is 2.08. The van der Waals surface area contributed by atoms with E-state index in [9.17, 15) is 4.79 Å². The molecule has 0 saturated carbocycles. The second kappa shape index (κ2) is 5.13. The number of allylic oxidation sites excluding steroid dienone is 1. The van der Waals surface area contributed by atoms with E-state index in [1.807, 2.05) is 6.08 Å². The fourth-order valence-corrected chi connectivity index (χ4v) is 1.31. The summed E-state index contributed by atoms with van der Waals surface area (Å²) in [6.45, 7) is 9.81. The molecule has 0 rings (SSSR count). The molecule has 1 nitrogen and oxygen atoms in total. The van der Waals surface area contributed by atoms with Crippen LogP contribution in [0.2, 0.25) is 0 Å². The van der Waals surface area contributed by atoms with E-state index in [0.717, 1.165) is 25.7 Å². The molecular weight excluding hydrogens is 148 g/mol. The van der Waals surface area contributed by atoms with Crippen molar-refractivity contribution in [2.24, 2.45) is 5.41 Å². The molecule has 0 radical (unpaired) electrons. The molecule has 12 heavy (non-hydrogen) atoms. The van der Waals surface area contributed by atoms with E-state index in [1.54, 1.807) is 6.92 Å². The second-order valence-electron chi connectivity index (χ2n) is 4.21. The molecule has 0 bridgehead atoms. The molecule has 0 aliphatic rings. The molecule has 0 aliphatic carbocycles. The minimum absolute atomic E-state index is 0.296. The summed E-state index contributed by atoms with van der Waals surface area (Å²) in [5, 5.41) is 0. The monoisotopic (exact) mass is 168 g/mol. The normalized spacial score (nSPS) is 11.2. The maximum Gasteiger partial charge on any atom is 0.129 e. The van der Waals surface area contributed by atoms with Gasteiger partial charge in [0, 0.05) is 6.42 Å². The van der Waals surface area contributed by atoms with Gasteiger partial charge >= 0.3 is 0 Å². The zero-order valence-electron chi connectivity index (χ0n) is 8.52. The van der Waals surface area contributed by atoms with Gasteiger partial charge in [0.25, 0.3) is 0 Å². The summed E-state index contributed by atoms with van der Waals surface area (Å²) in [6, 6.07) is 0. The predicted octanol–water partition coefficient (Wildman–Crippen LogP) is 3.35. The van der Waals surface area contributed by atoms with E-state index in [0.29, 0.717) is 11.2 Å². The summed E-state index contributed by atoms with van der Waals surface area (Å²) < 4.78 is 0. The molecule has 0 aromatic heterocycles. The first kappa shape index (κ1) is 11.4. The van der Waals surface area contributed by atoms with Crippen molar-refractivity contribution in [3.63, 3.8) is 0 Å². The van der Waals surface area contributed by atoms with Crippen LogP contribution in [-0.2, 0) is 4.79 Å². The summed E-state index contributed by atoms with van der Waals surface area (Å²) in [4.78, 5) is 10.7. The zero-order chi connectivity index (χ0) is 9.61. The van der Waals surface area contributed by atoms with Crippen LogP contribution < -0.4 is 0 Å². The van der Waals surface area contributed by atoms with Crippen LogP contribution in [0.15, 0.2) is 12.7 Å². The average molecular weight is 168 g/mol. The van der Waals surface area contributed by atoms with Crippen molar-refractivity contribution in [3.05, 3.63) is 12.7 Å². The van der Waals surface area contributed by atoms with Gasteiger partial charge in [-0.25, -0.2) is 0 Å². The van der Waals surface area contributed by atoms with Crippen LogP contribution in [0.25, 0.3) is 0 Å². The number of Topliss-reactive ketones (excluding diaryl/α,β-unsaturated/α-hetero) is 1. The Balaban J connectivity index is 3.60. The molecule has 0 N–H and O–H groups in total. The van der Waals surface area contributed by atoms with Crippen molar-refractivity contribution in [1.29, 1.82) is 0 Å². The van der Waals surface area contributed by atoms with Crippen LogP contribution in [0, 0.1) is 5.41 Å². The molecule has 1 heteroatoms. The predicted molar refractivity (Wildman–Crippen MR) is 53.1 cm³/mol. The fourth-order valence-electron chi connectivity index (χ4n) is 1.31. The van der Waals surface area contributed by atoms with E-state index in [1.165, 1.54) is 0 Å². The van der Waals surface area contributed by atoms with Crippen LogP contribution in [-0.4, -0.2) is 5.78 Å². The van der Waals surface area contributed by atoms with Crippen LogP contribution in [0.3, 0.4) is 0 Å². The van der Waals surface area contributed by atoms with Crippen LogP contribution >= 0.6 is 0 Å². The Bertz CT molecular complexity index is 156. The molecule has 0 aromatic rings. The first-order chi connectivity index (χ1) is 5.48. The Kier molecular flexibility index (Phi) is 4.87. The minimum atomic E-state index is 0.296. The zero-order valence-corrected chi connectivity index (χ0v) is 8.52. The number of carbonyl (C=O) groups excluding carboxylic acids is 1. The van der Waals surface area contributed by atoms with Crippen molar-refractivity contribution < 1.29 is 4.79 Å². The van der Waals surface area contributed by atoms with E-state index >= 15 is 0 Å². The number of rotatable bonds is 6. The highest BCUT2D eigenvalue weighted by molar-refractivity contribution is 5.75. The van der Waals surface area contributed by atoms with E-state index < -0.39 is 0 Å². The Hall–Kier alpha value is -0.590. The van der Waals surface area contributed by atoms with E-state index in [4.69, 9.17) is 0 Å². The highest BCUT2D eigenvalue weighted by atomic mass is 16.1. The van der Waals surface area contributed by atoms with E-state index in [2.05, 4.69) is 20.4 Å². The molecule has 70 valence electrons. The maximum absolute atomic E-state index is 10.7. The first-order valence-electron chi connectivity index (χ1n) is 4.58. The van der Waals surface area contributed by atoms with Crippen molar-refractivity contribution in [3.8, 4) is 0 Å². The van der Waals surface area contributed by atoms with E-state index in [-0.39, 0.29) is 0 Å². The topological polar surface area (TPSA) is 17.1 Å². The van der Waals surface area contributed by atoms with Crippen molar-refractivity contribution >= 4 is 5.78 Å². The van der Waals surface area contributed by atoms with Gasteiger partial charge in [0.1, 0.15) is 5.78 Å². The molecule has 0 spiro atoms.